The largest absolute Gasteiger partial charge is 0.507 e. The zero-order chi connectivity index (χ0) is 51.5. The van der Waals surface area contributed by atoms with Gasteiger partial charge in [0.15, 0.2) is 5.82 Å². The first kappa shape index (κ1) is 49.9. The standard InChI is InChI=1S/C56H70N12O5S/c1-33-48(74-32-60-33)36-12-10-35(11-13-36)28-57-52(72)45-24-40(69)31-68(45)53(73)49(55(3,4)5)62-51(71)37-26-56(27-37)17-14-38(15-18-56)65-20-22-66(23-21-65)39-29-58-54(59-30-39)67-19-16-43-47(34(67)2)42-25-44(63-64-50(42)61-43)41-8-6-7-9-46(41)70/h6-13,25,29-30,32,34,37-38,40,43,45,47,49,69-70H,14-24,26-28,31H2,1-5H3,(H,57,72)(H,61,64)(H,62,71)/t34-,37-,38-,40-,43?,45+,47?,49-,56?/m1/s1. The smallest absolute Gasteiger partial charge is 0.246 e. The number of aromatic nitrogens is 5. The van der Waals surface area contributed by atoms with E-state index in [1.54, 1.807) is 17.4 Å². The summed E-state index contributed by atoms with van der Waals surface area (Å²) in [7, 11) is 0. The van der Waals surface area contributed by atoms with Crippen LogP contribution in [0.1, 0.15) is 102 Å². The number of β-amino-alcohol motifs (C(OH)–C–C–N with tert-alkyl or cyclic N) is 1. The van der Waals surface area contributed by atoms with Crippen molar-refractivity contribution in [1.29, 1.82) is 0 Å². The minimum Gasteiger partial charge on any atom is -0.507 e. The number of benzene rings is 2. The quantitative estimate of drug-likeness (QED) is 0.0957. The number of phenolic OH excluding ortho intramolecular Hbond substituents is 1. The first-order chi connectivity index (χ1) is 35.6. The lowest BCUT2D eigenvalue weighted by Crippen LogP contribution is -2.60. The third kappa shape index (κ3) is 9.80. The van der Waals surface area contributed by atoms with Crippen LogP contribution in [0.3, 0.4) is 0 Å². The molecule has 6 atom stereocenters. The number of carbonyl (C=O) groups is 3. The number of carbonyl (C=O) groups excluding carboxylic acids is 3. The van der Waals surface area contributed by atoms with Crippen LogP contribution in [0.15, 0.2) is 72.5 Å². The van der Waals surface area contributed by atoms with Gasteiger partial charge in [0.2, 0.25) is 23.7 Å². The molecule has 6 aliphatic rings. The Bertz CT molecular complexity index is 2850. The van der Waals surface area contributed by atoms with Crippen LogP contribution < -0.4 is 25.8 Å². The van der Waals surface area contributed by atoms with Crippen molar-refractivity contribution in [2.24, 2.45) is 16.7 Å². The fourth-order valence-corrected chi connectivity index (χ4v) is 13.9. The van der Waals surface area contributed by atoms with Crippen LogP contribution >= 0.6 is 11.3 Å². The van der Waals surface area contributed by atoms with E-state index in [1.165, 1.54) is 4.90 Å². The number of aliphatic hydroxyl groups excluding tert-OH is 1. The highest BCUT2D eigenvalue weighted by atomic mass is 32.1. The molecule has 2 aliphatic carbocycles. The molecule has 3 aromatic heterocycles. The van der Waals surface area contributed by atoms with Crippen molar-refractivity contribution in [3.05, 3.63) is 89.3 Å². The number of likely N-dealkylation sites (tertiary alicyclic amines) is 1. The molecule has 18 heteroatoms. The lowest BCUT2D eigenvalue weighted by molar-refractivity contribution is -0.146. The maximum absolute atomic E-state index is 14.3. The number of phenols is 1. The molecule has 3 amide bonds. The summed E-state index contributed by atoms with van der Waals surface area (Å²) in [5, 5.41) is 40.0. The number of piperidine rings is 1. The zero-order valence-corrected chi connectivity index (χ0v) is 44.0. The molecule has 17 nitrogen and oxygen atoms in total. The van der Waals surface area contributed by atoms with E-state index in [9.17, 15) is 24.6 Å². The summed E-state index contributed by atoms with van der Waals surface area (Å²) in [5.41, 5.74) is 7.85. The van der Waals surface area contributed by atoms with Crippen LogP contribution in [0.5, 0.6) is 5.75 Å². The number of nitrogens with zero attached hydrogens (tertiary/aromatic N) is 9. The number of piperazine rings is 1. The van der Waals surface area contributed by atoms with Gasteiger partial charge < -0.3 is 40.9 Å². The molecule has 2 unspecified atom stereocenters. The Balaban J connectivity index is 0.635. The summed E-state index contributed by atoms with van der Waals surface area (Å²) in [6.07, 6.45) is 10.3. The Morgan fingerprint density at radius 1 is 0.919 bits per heavy atom. The summed E-state index contributed by atoms with van der Waals surface area (Å²) in [4.78, 5) is 66.1. The molecule has 2 aromatic carbocycles. The number of anilines is 3. The molecule has 1 spiro atoms. The molecule has 390 valence electrons. The number of hydrogen-bond acceptors (Lipinski definition) is 15. The zero-order valence-electron chi connectivity index (χ0n) is 43.2. The summed E-state index contributed by atoms with van der Waals surface area (Å²) in [6, 6.07) is 16.5. The van der Waals surface area contributed by atoms with Crippen LogP contribution in [0.25, 0.3) is 21.7 Å². The third-order valence-corrected chi connectivity index (χ3v) is 18.3. The first-order valence-corrected chi connectivity index (χ1v) is 27.6. The number of thiazole rings is 1. The Morgan fingerprint density at radius 2 is 1.65 bits per heavy atom. The summed E-state index contributed by atoms with van der Waals surface area (Å²) >= 11 is 1.59. The van der Waals surface area contributed by atoms with Gasteiger partial charge in [-0.15, -0.1) is 21.5 Å². The first-order valence-electron chi connectivity index (χ1n) is 26.7. The summed E-state index contributed by atoms with van der Waals surface area (Å²) in [5.74, 6) is 1.02. The van der Waals surface area contributed by atoms with Crippen molar-refractivity contribution < 1.29 is 24.6 Å². The number of para-hydroxylation sites is 1. The molecule has 5 aromatic rings. The van der Waals surface area contributed by atoms with Gasteiger partial charge in [-0.25, -0.2) is 15.0 Å². The minimum absolute atomic E-state index is 0.0453. The molecule has 0 bridgehead atoms. The van der Waals surface area contributed by atoms with Crippen molar-refractivity contribution in [1.82, 2.24) is 45.6 Å². The fourth-order valence-electron chi connectivity index (χ4n) is 13.1. The van der Waals surface area contributed by atoms with E-state index in [0.29, 0.717) is 23.8 Å². The number of aromatic hydroxyl groups is 1. The number of fused-ring (bicyclic) bond motifs is 3. The monoisotopic (exact) mass is 1020 g/mol. The van der Waals surface area contributed by atoms with Gasteiger partial charge in [0.1, 0.15) is 17.8 Å². The molecule has 5 N–H and O–H groups in total. The molecule has 74 heavy (non-hydrogen) atoms. The second kappa shape index (κ2) is 20.1. The van der Waals surface area contributed by atoms with Gasteiger partial charge in [-0.3, -0.25) is 19.3 Å². The molecule has 2 saturated carbocycles. The van der Waals surface area contributed by atoms with Crippen LogP contribution in [0, 0.1) is 23.7 Å². The number of aliphatic hydroxyl groups is 1. The van der Waals surface area contributed by atoms with E-state index >= 15 is 0 Å². The predicted molar refractivity (Wildman–Crippen MR) is 286 cm³/mol. The van der Waals surface area contributed by atoms with Gasteiger partial charge in [-0.05, 0) is 98.9 Å². The second-order valence-corrected chi connectivity index (χ2v) is 23.9. The van der Waals surface area contributed by atoms with Crippen molar-refractivity contribution in [2.75, 3.05) is 54.4 Å². The normalized spacial score (nSPS) is 27.2. The van der Waals surface area contributed by atoms with Gasteiger partial charge >= 0.3 is 0 Å². The fraction of sp³-hybridized carbons (Fsp3) is 0.536. The minimum atomic E-state index is -0.841. The van der Waals surface area contributed by atoms with Crippen LogP contribution in [-0.2, 0) is 20.9 Å². The molecule has 4 aliphatic heterocycles. The molecule has 0 radical (unpaired) electrons. The lowest BCUT2D eigenvalue weighted by Gasteiger charge is -2.53. The second-order valence-electron chi connectivity index (χ2n) is 23.0. The van der Waals surface area contributed by atoms with Gasteiger partial charge in [0.05, 0.1) is 46.0 Å². The summed E-state index contributed by atoms with van der Waals surface area (Å²) < 4.78 is 0. The average Bonchev–Trinajstić information content (AvgIpc) is 4.12. The molecular weight excluding hydrogens is 953 g/mol. The van der Waals surface area contributed by atoms with Crippen molar-refractivity contribution in [3.63, 3.8) is 0 Å². The Kier molecular flexibility index (Phi) is 13.6. The Labute approximate surface area is 437 Å². The average molecular weight is 1020 g/mol. The van der Waals surface area contributed by atoms with Crippen LogP contribution in [-0.4, -0.2) is 138 Å². The molecular formula is C56H70N12O5S. The van der Waals surface area contributed by atoms with Crippen molar-refractivity contribution >= 4 is 46.5 Å². The molecule has 3 saturated heterocycles. The van der Waals surface area contributed by atoms with Crippen molar-refractivity contribution in [3.8, 4) is 27.4 Å². The SMILES string of the molecule is Cc1ncsc1-c1ccc(CNC(=O)[C@@H]2C[C@@H](O)CN2C(=O)[C@@H](NC(=O)[C@H]2CC3(CC[C@H](N4CCN(c5cnc(N6CCC7Nc8nnc(-c9ccccc9O)cc8C7[C@H]6C)nc5)CC4)CC3)C2)C(C)(C)C)cc1. The van der Waals surface area contributed by atoms with E-state index in [4.69, 9.17) is 9.97 Å². The number of aryl methyl sites for hydroxylation is 1. The predicted octanol–water partition coefficient (Wildman–Crippen LogP) is 6.52. The Hall–Kier alpha value is -6.24. The van der Waals surface area contributed by atoms with E-state index in [-0.39, 0.29) is 65.8 Å². The van der Waals surface area contributed by atoms with Gasteiger partial charge in [-0.2, -0.15) is 0 Å². The van der Waals surface area contributed by atoms with Crippen LogP contribution in [0.2, 0.25) is 0 Å². The highest BCUT2D eigenvalue weighted by Gasteiger charge is 2.51. The third-order valence-electron chi connectivity index (χ3n) is 17.3. The van der Waals surface area contributed by atoms with E-state index in [0.717, 1.165) is 122 Å². The lowest BCUT2D eigenvalue weighted by atomic mass is 9.55. The van der Waals surface area contributed by atoms with Crippen molar-refractivity contribution in [2.45, 2.75) is 135 Å². The van der Waals surface area contributed by atoms with Gasteiger partial charge in [-0.1, -0.05) is 57.2 Å². The highest BCUT2D eigenvalue weighted by molar-refractivity contribution is 7.13. The van der Waals surface area contributed by atoms with Gasteiger partial charge in [0.25, 0.3) is 0 Å². The maximum Gasteiger partial charge on any atom is 0.246 e. The number of rotatable bonds is 11. The maximum atomic E-state index is 14.3. The van der Waals surface area contributed by atoms with E-state index in [1.807, 2.05) is 88.1 Å². The molecule has 7 heterocycles. The Morgan fingerprint density at radius 3 is 2.34 bits per heavy atom. The molecule has 11 rings (SSSR count). The number of amides is 3. The van der Waals surface area contributed by atoms with E-state index in [2.05, 4.69) is 58.8 Å². The highest BCUT2D eigenvalue weighted by Crippen LogP contribution is 2.55. The van der Waals surface area contributed by atoms with Crippen LogP contribution in [0.4, 0.5) is 17.5 Å². The summed E-state index contributed by atoms with van der Waals surface area (Å²) in [6.45, 7) is 15.0. The number of hydrogen-bond donors (Lipinski definition) is 5. The van der Waals surface area contributed by atoms with E-state index < -0.39 is 23.6 Å². The number of nitrogens with one attached hydrogen (secondary N) is 3. The van der Waals surface area contributed by atoms with Gasteiger partial charge in [0, 0.05) is 93.3 Å². The molecule has 5 fully saturated rings. The topological polar surface area (TPSA) is 205 Å².